The van der Waals surface area contributed by atoms with E-state index in [0.717, 1.165) is 21.6 Å². The minimum absolute atomic E-state index is 0.479. The number of carboxylic acid groups (broad SMARTS) is 1. The summed E-state index contributed by atoms with van der Waals surface area (Å²) in [5.41, 5.74) is 0.946. The summed E-state index contributed by atoms with van der Waals surface area (Å²) in [6, 6.07) is 8.49. The van der Waals surface area contributed by atoms with Crippen LogP contribution in [0, 0.1) is 5.92 Å². The van der Waals surface area contributed by atoms with E-state index >= 15 is 0 Å². The van der Waals surface area contributed by atoms with Crippen molar-refractivity contribution in [3.8, 4) is 0 Å². The van der Waals surface area contributed by atoms with Crippen LogP contribution in [0.5, 0.6) is 0 Å². The number of benzene rings is 1. The predicted molar refractivity (Wildman–Crippen MR) is 87.0 cm³/mol. The van der Waals surface area contributed by atoms with Crippen LogP contribution in [-0.4, -0.2) is 17.1 Å². The van der Waals surface area contributed by atoms with E-state index in [1.807, 2.05) is 24.3 Å². The smallest absolute Gasteiger partial charge is 0.346 e. The fourth-order valence-corrected chi connectivity index (χ4v) is 4.37. The van der Waals surface area contributed by atoms with E-state index in [2.05, 4.69) is 12.2 Å². The quantitative estimate of drug-likeness (QED) is 0.887. The Morgan fingerprint density at radius 1 is 1.38 bits per heavy atom. The van der Waals surface area contributed by atoms with Crippen molar-refractivity contribution in [2.75, 3.05) is 0 Å². The molecule has 1 saturated carbocycles. The Hall–Kier alpha value is -1.39. The van der Waals surface area contributed by atoms with Gasteiger partial charge in [-0.3, -0.25) is 0 Å². The number of aromatic carboxylic acids is 1. The van der Waals surface area contributed by atoms with E-state index in [1.54, 1.807) is 0 Å². The van der Waals surface area contributed by atoms with Crippen LogP contribution in [-0.2, 0) is 6.54 Å². The van der Waals surface area contributed by atoms with E-state index in [1.165, 1.54) is 37.0 Å². The Morgan fingerprint density at radius 3 is 2.95 bits per heavy atom. The summed E-state index contributed by atoms with van der Waals surface area (Å²) < 4.78 is 1.06. The molecule has 21 heavy (non-hydrogen) atoms. The van der Waals surface area contributed by atoms with Gasteiger partial charge in [-0.2, -0.15) is 0 Å². The summed E-state index contributed by atoms with van der Waals surface area (Å²) in [7, 11) is 0. The van der Waals surface area contributed by atoms with Gasteiger partial charge in [0, 0.05) is 17.3 Å². The molecule has 0 aliphatic heterocycles. The van der Waals surface area contributed by atoms with Crippen molar-refractivity contribution in [1.29, 1.82) is 0 Å². The minimum atomic E-state index is -0.815. The van der Waals surface area contributed by atoms with Crippen LogP contribution in [0.4, 0.5) is 0 Å². The van der Waals surface area contributed by atoms with E-state index in [-0.39, 0.29) is 0 Å². The molecule has 1 aromatic heterocycles. The molecule has 0 bridgehead atoms. The fraction of sp³-hybridized carbons (Fsp3) is 0.471. The van der Waals surface area contributed by atoms with Crippen LogP contribution < -0.4 is 5.32 Å². The monoisotopic (exact) mass is 303 g/mol. The molecule has 0 saturated heterocycles. The van der Waals surface area contributed by atoms with Crippen molar-refractivity contribution in [1.82, 2.24) is 5.32 Å². The molecule has 0 spiro atoms. The third-order valence-electron chi connectivity index (χ3n) is 4.40. The van der Waals surface area contributed by atoms with Gasteiger partial charge in [-0.05, 0) is 35.8 Å². The van der Waals surface area contributed by atoms with Gasteiger partial charge in [-0.15, -0.1) is 11.3 Å². The molecule has 3 rings (SSSR count). The number of fused-ring (bicyclic) bond motifs is 1. The lowest BCUT2D eigenvalue weighted by Gasteiger charge is -2.27. The molecule has 1 aliphatic carbocycles. The Bertz CT molecular complexity index is 649. The number of hydrogen-bond donors (Lipinski definition) is 2. The number of rotatable bonds is 4. The van der Waals surface area contributed by atoms with Gasteiger partial charge >= 0.3 is 5.97 Å². The average molecular weight is 303 g/mol. The third kappa shape index (κ3) is 3.11. The summed E-state index contributed by atoms with van der Waals surface area (Å²) in [5.74, 6) is -0.0422. The lowest BCUT2D eigenvalue weighted by atomic mass is 9.87. The van der Waals surface area contributed by atoms with Crippen LogP contribution in [0.3, 0.4) is 0 Å². The first-order valence-electron chi connectivity index (χ1n) is 7.62. The molecule has 2 N–H and O–H groups in total. The number of thiophene rings is 1. The van der Waals surface area contributed by atoms with Crippen molar-refractivity contribution in [3.05, 3.63) is 34.7 Å². The van der Waals surface area contributed by atoms with E-state index in [4.69, 9.17) is 0 Å². The lowest BCUT2D eigenvalue weighted by Crippen LogP contribution is -2.33. The average Bonchev–Trinajstić information content (AvgIpc) is 2.84. The van der Waals surface area contributed by atoms with Crippen molar-refractivity contribution < 1.29 is 9.90 Å². The number of carbonyl (C=O) groups is 1. The Kier molecular flexibility index (Phi) is 4.27. The zero-order chi connectivity index (χ0) is 14.8. The molecule has 4 heteroatoms. The van der Waals surface area contributed by atoms with Gasteiger partial charge < -0.3 is 10.4 Å². The highest BCUT2D eigenvalue weighted by molar-refractivity contribution is 7.21. The summed E-state index contributed by atoms with van der Waals surface area (Å²) in [4.78, 5) is 12.0. The number of nitrogens with one attached hydrogen (secondary N) is 1. The molecule has 1 aromatic carbocycles. The van der Waals surface area contributed by atoms with Gasteiger partial charge in [0.15, 0.2) is 0 Å². The molecule has 0 amide bonds. The van der Waals surface area contributed by atoms with E-state index in [0.29, 0.717) is 17.5 Å². The van der Waals surface area contributed by atoms with Crippen molar-refractivity contribution in [3.63, 3.8) is 0 Å². The van der Waals surface area contributed by atoms with Crippen LogP contribution in [0.25, 0.3) is 10.1 Å². The molecule has 2 aromatic rings. The maximum atomic E-state index is 11.5. The Labute approximate surface area is 129 Å². The zero-order valence-electron chi connectivity index (χ0n) is 12.3. The van der Waals surface area contributed by atoms with Crippen LogP contribution >= 0.6 is 11.3 Å². The standard InChI is InChI=1S/C17H21NO2S/c1-11-5-4-6-12(9-11)18-10-14-13-7-2-3-8-15(13)21-16(14)17(19)20/h2-3,7-8,11-12,18H,4-6,9-10H2,1H3,(H,19,20). The molecular weight excluding hydrogens is 282 g/mol. The molecule has 1 aliphatic rings. The molecule has 3 nitrogen and oxygen atoms in total. The maximum absolute atomic E-state index is 11.5. The molecule has 1 fully saturated rings. The molecule has 0 radical (unpaired) electrons. The first kappa shape index (κ1) is 14.5. The topological polar surface area (TPSA) is 49.3 Å². The van der Waals surface area contributed by atoms with Crippen molar-refractivity contribution in [2.24, 2.45) is 5.92 Å². The van der Waals surface area contributed by atoms with Crippen molar-refractivity contribution in [2.45, 2.75) is 45.2 Å². The summed E-state index contributed by atoms with van der Waals surface area (Å²) in [6.45, 7) is 2.96. The first-order chi connectivity index (χ1) is 10.1. The number of hydrogen-bond acceptors (Lipinski definition) is 3. The first-order valence-corrected chi connectivity index (χ1v) is 8.44. The second-order valence-corrected chi connectivity index (χ2v) is 7.11. The van der Waals surface area contributed by atoms with Crippen LogP contribution in [0.1, 0.15) is 47.8 Å². The number of carboxylic acids is 1. The van der Waals surface area contributed by atoms with Gasteiger partial charge in [0.25, 0.3) is 0 Å². The molecule has 2 atom stereocenters. The summed E-state index contributed by atoms with van der Waals surface area (Å²) in [6.07, 6.45) is 4.99. The van der Waals surface area contributed by atoms with Gasteiger partial charge in [0.05, 0.1) is 0 Å². The molecular formula is C17H21NO2S. The lowest BCUT2D eigenvalue weighted by molar-refractivity contribution is 0.0701. The molecule has 1 heterocycles. The highest BCUT2D eigenvalue weighted by Crippen LogP contribution is 2.32. The maximum Gasteiger partial charge on any atom is 0.346 e. The van der Waals surface area contributed by atoms with Crippen LogP contribution in [0.15, 0.2) is 24.3 Å². The van der Waals surface area contributed by atoms with Gasteiger partial charge in [-0.1, -0.05) is 38.0 Å². The fourth-order valence-electron chi connectivity index (χ4n) is 3.31. The largest absolute Gasteiger partial charge is 0.477 e. The summed E-state index contributed by atoms with van der Waals surface area (Å²) >= 11 is 1.38. The highest BCUT2D eigenvalue weighted by Gasteiger charge is 2.21. The third-order valence-corrected chi connectivity index (χ3v) is 5.60. The second-order valence-electron chi connectivity index (χ2n) is 6.06. The van der Waals surface area contributed by atoms with Gasteiger partial charge in [0.1, 0.15) is 4.88 Å². The van der Waals surface area contributed by atoms with Gasteiger partial charge in [0.2, 0.25) is 0 Å². The highest BCUT2D eigenvalue weighted by atomic mass is 32.1. The zero-order valence-corrected chi connectivity index (χ0v) is 13.1. The predicted octanol–water partition coefficient (Wildman–Crippen LogP) is 4.27. The van der Waals surface area contributed by atoms with E-state index in [9.17, 15) is 9.90 Å². The minimum Gasteiger partial charge on any atom is -0.477 e. The second kappa shape index (κ2) is 6.16. The Morgan fingerprint density at radius 2 is 2.19 bits per heavy atom. The van der Waals surface area contributed by atoms with Crippen molar-refractivity contribution >= 4 is 27.4 Å². The SMILES string of the molecule is CC1CCCC(NCc2c(C(=O)O)sc3ccccc23)C1. The van der Waals surface area contributed by atoms with Crippen LogP contribution in [0.2, 0.25) is 0 Å². The summed E-state index contributed by atoms with van der Waals surface area (Å²) in [5, 5.41) is 14.1. The van der Waals surface area contributed by atoms with Gasteiger partial charge in [-0.25, -0.2) is 4.79 Å². The molecule has 112 valence electrons. The van der Waals surface area contributed by atoms with E-state index < -0.39 is 5.97 Å². The Balaban J connectivity index is 1.82. The molecule has 2 unspecified atom stereocenters. The normalized spacial score (nSPS) is 22.5.